The molecule has 1 atom stereocenters. The molecule has 1 unspecified atom stereocenters. The van der Waals surface area contributed by atoms with Crippen molar-refractivity contribution in [1.82, 2.24) is 10.4 Å². The van der Waals surface area contributed by atoms with E-state index in [9.17, 15) is 0 Å². The summed E-state index contributed by atoms with van der Waals surface area (Å²) >= 11 is 0. The number of aromatic nitrogens is 1. The number of nitrogens with two attached hydrogens (primary N) is 2. The Morgan fingerprint density at radius 3 is 2.37 bits per heavy atom. The van der Waals surface area contributed by atoms with Gasteiger partial charge in [0.15, 0.2) is 0 Å². The first-order valence-electron chi connectivity index (χ1n) is 7.30. The Balaban J connectivity index is 2.06. The molecule has 1 aliphatic carbocycles. The largest absolute Gasteiger partial charge is 0.383 e. The molecule has 0 aliphatic heterocycles. The van der Waals surface area contributed by atoms with Gasteiger partial charge in [0.2, 0.25) is 0 Å². The van der Waals surface area contributed by atoms with E-state index in [0.29, 0.717) is 11.7 Å². The van der Waals surface area contributed by atoms with Gasteiger partial charge in [0.05, 0.1) is 6.04 Å². The summed E-state index contributed by atoms with van der Waals surface area (Å²) in [4.78, 5) is 4.17. The second-order valence-electron chi connectivity index (χ2n) is 6.04. The smallest absolute Gasteiger partial charge is 0.128 e. The summed E-state index contributed by atoms with van der Waals surface area (Å²) in [6.07, 6.45) is 6.74. The molecule has 19 heavy (non-hydrogen) atoms. The van der Waals surface area contributed by atoms with E-state index in [1.807, 2.05) is 12.1 Å². The Hall–Kier alpha value is -1.13. The van der Waals surface area contributed by atoms with E-state index in [4.69, 9.17) is 11.6 Å². The van der Waals surface area contributed by atoms with Gasteiger partial charge in [-0.1, -0.05) is 19.9 Å². The number of nitrogens with zero attached hydrogens (tertiary/aromatic N) is 1. The van der Waals surface area contributed by atoms with Gasteiger partial charge in [-0.3, -0.25) is 11.3 Å². The van der Waals surface area contributed by atoms with Crippen LogP contribution in [0.3, 0.4) is 0 Å². The van der Waals surface area contributed by atoms with Gasteiger partial charge in [-0.15, -0.1) is 0 Å². The summed E-state index contributed by atoms with van der Waals surface area (Å²) in [6.45, 7) is 4.64. The Morgan fingerprint density at radius 2 is 1.84 bits per heavy atom. The molecular weight excluding hydrogens is 236 g/mol. The summed E-state index contributed by atoms with van der Waals surface area (Å²) in [5.74, 6) is 8.57. The zero-order valence-corrected chi connectivity index (χ0v) is 12.0. The van der Waals surface area contributed by atoms with Crippen molar-refractivity contribution in [2.75, 3.05) is 5.73 Å². The van der Waals surface area contributed by atoms with Crippen LogP contribution in [0.15, 0.2) is 18.3 Å². The van der Waals surface area contributed by atoms with Gasteiger partial charge >= 0.3 is 0 Å². The molecule has 5 N–H and O–H groups in total. The minimum Gasteiger partial charge on any atom is -0.383 e. The molecular formula is C15H26N4. The second kappa shape index (κ2) is 6.35. The maximum absolute atomic E-state index is 5.97. The summed E-state index contributed by atoms with van der Waals surface area (Å²) in [6, 6.07) is 4.08. The predicted molar refractivity (Wildman–Crippen MR) is 79.0 cm³/mol. The first-order chi connectivity index (χ1) is 9.13. The van der Waals surface area contributed by atoms with Gasteiger partial charge in [0, 0.05) is 11.8 Å². The van der Waals surface area contributed by atoms with Gasteiger partial charge < -0.3 is 5.73 Å². The quantitative estimate of drug-likeness (QED) is 0.576. The maximum atomic E-state index is 5.97. The normalized spacial score (nSPS) is 25.5. The lowest BCUT2D eigenvalue weighted by atomic mass is 9.73. The molecule has 1 aromatic heterocycles. The third kappa shape index (κ3) is 3.25. The fraction of sp³-hybridized carbons (Fsp3) is 0.667. The van der Waals surface area contributed by atoms with E-state index in [-0.39, 0.29) is 6.04 Å². The van der Waals surface area contributed by atoms with Gasteiger partial charge in [-0.05, 0) is 49.5 Å². The van der Waals surface area contributed by atoms with E-state index in [1.165, 1.54) is 25.7 Å². The molecule has 4 nitrogen and oxygen atoms in total. The van der Waals surface area contributed by atoms with Crippen LogP contribution in [0.25, 0.3) is 0 Å². The predicted octanol–water partition coefficient (Wildman–Crippen LogP) is 2.63. The second-order valence-corrected chi connectivity index (χ2v) is 6.04. The van der Waals surface area contributed by atoms with E-state index >= 15 is 0 Å². The minimum atomic E-state index is 0.127. The van der Waals surface area contributed by atoms with Crippen molar-refractivity contribution in [2.24, 2.45) is 23.6 Å². The number of hydrazine groups is 1. The van der Waals surface area contributed by atoms with Crippen molar-refractivity contribution in [3.63, 3.8) is 0 Å². The lowest BCUT2D eigenvalue weighted by Crippen LogP contribution is -2.36. The van der Waals surface area contributed by atoms with E-state index < -0.39 is 0 Å². The molecule has 0 bridgehead atoms. The molecule has 1 aliphatic rings. The van der Waals surface area contributed by atoms with Crippen LogP contribution < -0.4 is 17.0 Å². The summed E-state index contributed by atoms with van der Waals surface area (Å²) < 4.78 is 0. The first kappa shape index (κ1) is 14.3. The van der Waals surface area contributed by atoms with Gasteiger partial charge in [-0.25, -0.2) is 4.98 Å². The molecule has 1 fully saturated rings. The van der Waals surface area contributed by atoms with Crippen LogP contribution in [-0.4, -0.2) is 4.98 Å². The molecule has 0 amide bonds. The van der Waals surface area contributed by atoms with Crippen LogP contribution >= 0.6 is 0 Å². The molecule has 1 saturated carbocycles. The number of hydrogen-bond acceptors (Lipinski definition) is 4. The highest BCUT2D eigenvalue weighted by Gasteiger charge is 2.30. The minimum absolute atomic E-state index is 0.127. The van der Waals surface area contributed by atoms with Crippen molar-refractivity contribution in [3.05, 3.63) is 23.9 Å². The Kier molecular flexibility index (Phi) is 4.77. The van der Waals surface area contributed by atoms with Crippen molar-refractivity contribution in [2.45, 2.75) is 45.6 Å². The fourth-order valence-corrected chi connectivity index (χ4v) is 3.32. The van der Waals surface area contributed by atoms with Gasteiger partial charge in [-0.2, -0.15) is 0 Å². The standard InChI is InChI=1S/C15H26N4/c1-10(2)11-5-7-12(8-6-11)14(19-17)13-4-3-9-18-15(13)16/h3-4,9-12,14,19H,5-8,17H2,1-2H3,(H2,16,18). The number of nitrogens with one attached hydrogen (secondary N) is 1. The molecule has 4 heteroatoms. The van der Waals surface area contributed by atoms with Crippen LogP contribution in [0.4, 0.5) is 5.82 Å². The average Bonchev–Trinajstić information content (AvgIpc) is 2.42. The van der Waals surface area contributed by atoms with Crippen molar-refractivity contribution >= 4 is 5.82 Å². The summed E-state index contributed by atoms with van der Waals surface area (Å²) in [7, 11) is 0. The fourth-order valence-electron chi connectivity index (χ4n) is 3.32. The highest BCUT2D eigenvalue weighted by molar-refractivity contribution is 5.41. The number of hydrogen-bond donors (Lipinski definition) is 3. The van der Waals surface area contributed by atoms with Crippen molar-refractivity contribution in [3.8, 4) is 0 Å². The third-order valence-electron chi connectivity index (χ3n) is 4.62. The molecule has 2 rings (SSSR count). The molecule has 0 spiro atoms. The zero-order chi connectivity index (χ0) is 13.8. The van der Waals surface area contributed by atoms with Crippen LogP contribution in [0, 0.1) is 17.8 Å². The first-order valence-corrected chi connectivity index (χ1v) is 7.30. The van der Waals surface area contributed by atoms with Gasteiger partial charge in [0.25, 0.3) is 0 Å². The number of nitrogen functional groups attached to an aromatic ring is 1. The van der Waals surface area contributed by atoms with Gasteiger partial charge in [0.1, 0.15) is 5.82 Å². The van der Waals surface area contributed by atoms with Crippen LogP contribution in [0.1, 0.15) is 51.1 Å². The Labute approximate surface area is 115 Å². The third-order valence-corrected chi connectivity index (χ3v) is 4.62. The van der Waals surface area contributed by atoms with E-state index in [2.05, 4.69) is 24.3 Å². The highest BCUT2D eigenvalue weighted by Crippen LogP contribution is 2.39. The highest BCUT2D eigenvalue weighted by atomic mass is 15.2. The average molecular weight is 262 g/mol. The topological polar surface area (TPSA) is 77.0 Å². The monoisotopic (exact) mass is 262 g/mol. The number of pyridine rings is 1. The van der Waals surface area contributed by atoms with Crippen molar-refractivity contribution < 1.29 is 0 Å². The SMILES string of the molecule is CC(C)C1CCC(C(NN)c2cccnc2N)CC1. The molecule has 0 saturated heterocycles. The zero-order valence-electron chi connectivity index (χ0n) is 12.0. The molecule has 106 valence electrons. The molecule has 0 radical (unpaired) electrons. The molecule has 1 heterocycles. The van der Waals surface area contributed by atoms with E-state index in [0.717, 1.165) is 17.4 Å². The molecule has 0 aromatic carbocycles. The molecule has 1 aromatic rings. The van der Waals surface area contributed by atoms with E-state index in [1.54, 1.807) is 6.20 Å². The van der Waals surface area contributed by atoms with Crippen LogP contribution in [0.2, 0.25) is 0 Å². The van der Waals surface area contributed by atoms with Crippen LogP contribution in [0.5, 0.6) is 0 Å². The number of anilines is 1. The summed E-state index contributed by atoms with van der Waals surface area (Å²) in [5.41, 5.74) is 9.97. The lowest BCUT2D eigenvalue weighted by Gasteiger charge is -2.35. The maximum Gasteiger partial charge on any atom is 0.128 e. The Morgan fingerprint density at radius 1 is 1.21 bits per heavy atom. The van der Waals surface area contributed by atoms with Crippen LogP contribution in [-0.2, 0) is 0 Å². The summed E-state index contributed by atoms with van der Waals surface area (Å²) in [5, 5.41) is 0. The number of rotatable bonds is 4. The lowest BCUT2D eigenvalue weighted by molar-refractivity contribution is 0.189. The van der Waals surface area contributed by atoms with Crippen molar-refractivity contribution in [1.29, 1.82) is 0 Å². The Bertz CT molecular complexity index is 397.